The number of benzene rings is 1. The molecular formula is C20H20N6O3. The monoisotopic (exact) mass is 392 g/mol. The van der Waals surface area contributed by atoms with E-state index in [0.29, 0.717) is 23.5 Å². The van der Waals surface area contributed by atoms with E-state index in [1.54, 1.807) is 9.47 Å². The summed E-state index contributed by atoms with van der Waals surface area (Å²) in [5.41, 5.74) is 7.69. The molecule has 1 aromatic carbocycles. The van der Waals surface area contributed by atoms with Crippen LogP contribution in [-0.4, -0.2) is 48.4 Å². The first kappa shape index (κ1) is 17.6. The molecule has 1 aliphatic carbocycles. The van der Waals surface area contributed by atoms with Crippen molar-refractivity contribution in [3.63, 3.8) is 0 Å². The number of carbonyl (C=O) groups excluding carboxylic acids is 2. The van der Waals surface area contributed by atoms with Gasteiger partial charge in [-0.3, -0.25) is 4.79 Å². The number of nitrogen functional groups attached to an aromatic ring is 1. The molecule has 0 unspecified atom stereocenters. The van der Waals surface area contributed by atoms with Gasteiger partial charge in [0.2, 0.25) is 5.91 Å². The zero-order valence-electron chi connectivity index (χ0n) is 15.6. The summed E-state index contributed by atoms with van der Waals surface area (Å²) in [5, 5.41) is 0. The summed E-state index contributed by atoms with van der Waals surface area (Å²) >= 11 is 0. The molecule has 0 bridgehead atoms. The fraction of sp³-hybridized carbons (Fsp3) is 0.350. The quantitative estimate of drug-likeness (QED) is 0.647. The van der Waals surface area contributed by atoms with Gasteiger partial charge in [-0.2, -0.15) is 0 Å². The number of imidazole rings is 1. The van der Waals surface area contributed by atoms with Crippen LogP contribution in [0.1, 0.15) is 18.4 Å². The van der Waals surface area contributed by atoms with Crippen molar-refractivity contribution in [3.05, 3.63) is 48.5 Å². The molecular weight excluding hydrogens is 372 g/mol. The Morgan fingerprint density at radius 1 is 1.14 bits per heavy atom. The molecule has 1 saturated carbocycles. The summed E-state index contributed by atoms with van der Waals surface area (Å²) in [7, 11) is 0. The maximum atomic E-state index is 13.1. The predicted octanol–water partition coefficient (Wildman–Crippen LogP) is 1.14. The molecule has 3 aromatic rings. The second kappa shape index (κ2) is 6.84. The highest BCUT2D eigenvalue weighted by molar-refractivity contribution is 5.88. The second-order valence-electron chi connectivity index (χ2n) is 7.51. The number of nitrogens with two attached hydrogens (primary N) is 1. The van der Waals surface area contributed by atoms with Crippen LogP contribution < -0.4 is 5.73 Å². The van der Waals surface area contributed by atoms with Gasteiger partial charge in [-0.15, -0.1) is 0 Å². The van der Waals surface area contributed by atoms with Gasteiger partial charge in [-0.25, -0.2) is 19.7 Å². The molecule has 29 heavy (non-hydrogen) atoms. The van der Waals surface area contributed by atoms with Crippen LogP contribution in [0.3, 0.4) is 0 Å². The molecule has 1 saturated heterocycles. The highest BCUT2D eigenvalue weighted by atomic mass is 16.5. The molecule has 9 nitrogen and oxygen atoms in total. The van der Waals surface area contributed by atoms with E-state index < -0.39 is 6.04 Å². The lowest BCUT2D eigenvalue weighted by Gasteiger charge is -2.26. The second-order valence-corrected chi connectivity index (χ2v) is 7.51. The molecule has 3 heterocycles. The standard InChI is InChI=1S/C20H20N6O3/c21-18-17-19(23-10-22-18)25(11-24-17)8-16(27)26-14-6-13(14)7-15(26)20(28)29-9-12-4-2-1-3-5-12/h1-5,10-11,13-15H,6-9H2,(H2,21,22,23)/t13-,14-,15+/m1/s1. The number of amides is 1. The van der Waals surface area contributed by atoms with E-state index in [1.807, 2.05) is 30.3 Å². The van der Waals surface area contributed by atoms with Gasteiger partial charge in [0.05, 0.1) is 6.33 Å². The van der Waals surface area contributed by atoms with Gasteiger partial charge in [-0.1, -0.05) is 30.3 Å². The number of ether oxygens (including phenoxy) is 1. The van der Waals surface area contributed by atoms with Crippen LogP contribution in [0.15, 0.2) is 43.0 Å². The average Bonchev–Trinajstić information content (AvgIpc) is 3.20. The van der Waals surface area contributed by atoms with Crippen LogP contribution in [-0.2, 0) is 27.5 Å². The van der Waals surface area contributed by atoms with E-state index in [-0.39, 0.29) is 36.9 Å². The van der Waals surface area contributed by atoms with Crippen molar-refractivity contribution in [1.29, 1.82) is 0 Å². The van der Waals surface area contributed by atoms with Crippen LogP contribution in [0.2, 0.25) is 0 Å². The number of piperidine rings is 1. The largest absolute Gasteiger partial charge is 0.459 e. The van der Waals surface area contributed by atoms with Gasteiger partial charge in [-0.05, 0) is 24.3 Å². The first-order valence-electron chi connectivity index (χ1n) is 9.55. The van der Waals surface area contributed by atoms with E-state index in [1.165, 1.54) is 12.7 Å². The predicted molar refractivity (Wildman–Crippen MR) is 103 cm³/mol. The summed E-state index contributed by atoms with van der Waals surface area (Å²) in [6.07, 6.45) is 4.46. The van der Waals surface area contributed by atoms with Crippen LogP contribution >= 0.6 is 0 Å². The first-order chi connectivity index (χ1) is 14.1. The van der Waals surface area contributed by atoms with Gasteiger partial charge < -0.3 is 19.9 Å². The summed E-state index contributed by atoms with van der Waals surface area (Å²) < 4.78 is 7.13. The Morgan fingerprint density at radius 2 is 1.97 bits per heavy atom. The Hall–Kier alpha value is -3.49. The minimum absolute atomic E-state index is 0.0403. The maximum Gasteiger partial charge on any atom is 0.329 e. The van der Waals surface area contributed by atoms with Crippen LogP contribution in [0.5, 0.6) is 0 Å². The number of anilines is 1. The molecule has 9 heteroatoms. The number of esters is 1. The third-order valence-corrected chi connectivity index (χ3v) is 5.62. The fourth-order valence-electron chi connectivity index (χ4n) is 4.09. The van der Waals surface area contributed by atoms with Crippen LogP contribution in [0, 0.1) is 5.92 Å². The van der Waals surface area contributed by atoms with Crippen molar-refractivity contribution in [2.45, 2.75) is 38.1 Å². The summed E-state index contributed by atoms with van der Waals surface area (Å²) in [6, 6.07) is 9.09. The van der Waals surface area contributed by atoms with Crippen molar-refractivity contribution in [2.24, 2.45) is 5.92 Å². The Balaban J connectivity index is 1.30. The Labute approximate surface area is 166 Å². The first-order valence-corrected chi connectivity index (χ1v) is 9.55. The molecule has 148 valence electrons. The number of nitrogens with zero attached hydrogens (tertiary/aromatic N) is 5. The third kappa shape index (κ3) is 3.18. The average molecular weight is 392 g/mol. The Kier molecular flexibility index (Phi) is 4.15. The lowest BCUT2D eigenvalue weighted by Crippen LogP contribution is -2.45. The Morgan fingerprint density at radius 3 is 2.79 bits per heavy atom. The van der Waals surface area contributed by atoms with E-state index in [9.17, 15) is 9.59 Å². The van der Waals surface area contributed by atoms with E-state index in [4.69, 9.17) is 10.5 Å². The number of aromatic nitrogens is 4. The van der Waals surface area contributed by atoms with Gasteiger partial charge in [0.15, 0.2) is 11.5 Å². The topological polar surface area (TPSA) is 116 Å². The lowest BCUT2D eigenvalue weighted by atomic mass is 10.1. The molecule has 3 atom stereocenters. The third-order valence-electron chi connectivity index (χ3n) is 5.62. The number of likely N-dealkylation sites (tertiary alicyclic amines) is 1. The van der Waals surface area contributed by atoms with E-state index in [2.05, 4.69) is 15.0 Å². The normalized spacial score (nSPS) is 22.5. The zero-order chi connectivity index (χ0) is 20.0. The summed E-state index contributed by atoms with van der Waals surface area (Å²) in [5.74, 6) is 0.155. The molecule has 2 aromatic heterocycles. The summed E-state index contributed by atoms with van der Waals surface area (Å²) in [6.45, 7) is 0.245. The molecule has 2 N–H and O–H groups in total. The number of hydrogen-bond donors (Lipinski definition) is 1. The van der Waals surface area contributed by atoms with Crippen molar-refractivity contribution < 1.29 is 14.3 Å². The number of carbonyl (C=O) groups is 2. The lowest BCUT2D eigenvalue weighted by molar-refractivity contribution is -0.155. The molecule has 5 rings (SSSR count). The van der Waals surface area contributed by atoms with Gasteiger partial charge in [0.25, 0.3) is 0 Å². The molecule has 2 aliphatic rings. The molecule has 1 amide bonds. The molecule has 0 spiro atoms. The summed E-state index contributed by atoms with van der Waals surface area (Å²) in [4.78, 5) is 39.7. The molecule has 2 fully saturated rings. The van der Waals surface area contributed by atoms with Crippen molar-refractivity contribution in [2.75, 3.05) is 5.73 Å². The van der Waals surface area contributed by atoms with E-state index in [0.717, 1.165) is 12.0 Å². The van der Waals surface area contributed by atoms with Gasteiger partial charge in [0.1, 0.15) is 31.0 Å². The van der Waals surface area contributed by atoms with Crippen molar-refractivity contribution >= 4 is 28.9 Å². The zero-order valence-corrected chi connectivity index (χ0v) is 15.6. The fourth-order valence-corrected chi connectivity index (χ4v) is 4.09. The highest BCUT2D eigenvalue weighted by Gasteiger charge is 2.56. The SMILES string of the molecule is Nc1ncnc2c1ncn2CC(=O)N1[C@@H]2C[C@@H]2C[C@H]1C(=O)OCc1ccccc1. The minimum atomic E-state index is -0.538. The number of fused-ring (bicyclic) bond motifs is 2. The van der Waals surface area contributed by atoms with Crippen molar-refractivity contribution in [1.82, 2.24) is 24.4 Å². The minimum Gasteiger partial charge on any atom is -0.459 e. The maximum absolute atomic E-state index is 13.1. The smallest absolute Gasteiger partial charge is 0.329 e. The molecule has 1 aliphatic heterocycles. The van der Waals surface area contributed by atoms with Crippen LogP contribution in [0.4, 0.5) is 5.82 Å². The molecule has 0 radical (unpaired) electrons. The van der Waals surface area contributed by atoms with Crippen LogP contribution in [0.25, 0.3) is 11.2 Å². The van der Waals surface area contributed by atoms with Crippen molar-refractivity contribution in [3.8, 4) is 0 Å². The van der Waals surface area contributed by atoms with Gasteiger partial charge >= 0.3 is 5.97 Å². The number of rotatable bonds is 5. The van der Waals surface area contributed by atoms with E-state index >= 15 is 0 Å². The van der Waals surface area contributed by atoms with Gasteiger partial charge in [0, 0.05) is 6.04 Å². The Bertz CT molecular complexity index is 1080. The number of hydrogen-bond acceptors (Lipinski definition) is 7. The highest BCUT2D eigenvalue weighted by Crippen LogP contribution is 2.48.